The minimum Gasteiger partial charge on any atom is -0.444 e. The van der Waals surface area contributed by atoms with Gasteiger partial charge in [-0.3, -0.25) is 0 Å². The van der Waals surface area contributed by atoms with E-state index in [0.29, 0.717) is 31.7 Å². The van der Waals surface area contributed by atoms with Crippen LogP contribution in [0, 0.1) is 5.92 Å². The molecule has 9 nitrogen and oxygen atoms in total. The highest BCUT2D eigenvalue weighted by atomic mass is 32.2. The maximum atomic E-state index is 13.4. The number of aliphatic hydroxyl groups is 1. The van der Waals surface area contributed by atoms with Gasteiger partial charge in [0.15, 0.2) is 0 Å². The number of alkyl carbamates (subject to hydrolysis) is 1. The van der Waals surface area contributed by atoms with Crippen molar-refractivity contribution in [3.63, 3.8) is 0 Å². The fraction of sp³-hybridized carbons (Fsp3) is 0.480. The van der Waals surface area contributed by atoms with Crippen LogP contribution in [0.4, 0.5) is 10.5 Å². The van der Waals surface area contributed by atoms with Gasteiger partial charge in [-0.2, -0.15) is 4.31 Å². The molecule has 0 radical (unpaired) electrons. The number of rotatable bonds is 11. The van der Waals surface area contributed by atoms with Crippen LogP contribution in [0.3, 0.4) is 0 Å². The fourth-order valence-corrected chi connectivity index (χ4v) is 5.52. The van der Waals surface area contributed by atoms with E-state index in [0.717, 1.165) is 5.56 Å². The van der Waals surface area contributed by atoms with Crippen molar-refractivity contribution in [2.75, 3.05) is 32.0 Å². The molecular formula is C25H35N3O6S. The summed E-state index contributed by atoms with van der Waals surface area (Å²) in [7, 11) is -3.90. The summed E-state index contributed by atoms with van der Waals surface area (Å²) >= 11 is 0. The van der Waals surface area contributed by atoms with Crippen molar-refractivity contribution in [1.82, 2.24) is 9.62 Å². The van der Waals surface area contributed by atoms with Crippen molar-refractivity contribution in [3.8, 4) is 0 Å². The topological polar surface area (TPSA) is 131 Å². The molecule has 0 spiro atoms. The largest absolute Gasteiger partial charge is 0.444 e. The van der Waals surface area contributed by atoms with Crippen LogP contribution in [0.15, 0.2) is 59.5 Å². The molecule has 2 aromatic rings. The minimum absolute atomic E-state index is 0.0126. The Balaban J connectivity index is 1.80. The highest BCUT2D eigenvalue weighted by molar-refractivity contribution is 7.89. The summed E-state index contributed by atoms with van der Waals surface area (Å²) in [4.78, 5) is 12.7. The first-order chi connectivity index (χ1) is 16.6. The molecule has 3 atom stereocenters. The normalized spacial score (nSPS) is 17.9. The number of nitrogens with two attached hydrogens (primary N) is 1. The van der Waals surface area contributed by atoms with E-state index < -0.39 is 28.3 Å². The third-order valence-corrected chi connectivity index (χ3v) is 7.55. The molecule has 4 N–H and O–H groups in total. The number of nitrogens with zero attached hydrogens (tertiary/aromatic N) is 1. The molecule has 192 valence electrons. The molecule has 0 aromatic heterocycles. The van der Waals surface area contributed by atoms with Gasteiger partial charge in [0.2, 0.25) is 10.0 Å². The number of benzene rings is 2. The number of carbonyl (C=O) groups is 1. The van der Waals surface area contributed by atoms with Crippen molar-refractivity contribution in [2.45, 2.75) is 49.8 Å². The van der Waals surface area contributed by atoms with Gasteiger partial charge in [-0.15, -0.1) is 0 Å². The Hall–Kier alpha value is -2.66. The molecule has 3 rings (SSSR count). The van der Waals surface area contributed by atoms with Crippen LogP contribution in [-0.4, -0.2) is 68.5 Å². The van der Waals surface area contributed by atoms with E-state index in [1.165, 1.54) is 28.6 Å². The third-order valence-electron chi connectivity index (χ3n) is 5.71. The van der Waals surface area contributed by atoms with Crippen molar-refractivity contribution in [3.05, 3.63) is 60.2 Å². The minimum atomic E-state index is -3.90. The van der Waals surface area contributed by atoms with Gasteiger partial charge in [-0.25, -0.2) is 13.2 Å². The number of nitrogens with one attached hydrogen (secondary N) is 1. The predicted molar refractivity (Wildman–Crippen MR) is 133 cm³/mol. The second kappa shape index (κ2) is 12.3. The summed E-state index contributed by atoms with van der Waals surface area (Å²) in [6.07, 6.45) is -1.29. The first kappa shape index (κ1) is 26.9. The number of hydrogen-bond donors (Lipinski definition) is 3. The average molecular weight is 506 g/mol. The number of amides is 1. The van der Waals surface area contributed by atoms with Crippen molar-refractivity contribution in [1.29, 1.82) is 0 Å². The zero-order valence-corrected chi connectivity index (χ0v) is 21.0. The number of anilines is 1. The zero-order valence-electron chi connectivity index (χ0n) is 20.2. The van der Waals surface area contributed by atoms with Crippen LogP contribution < -0.4 is 11.1 Å². The lowest BCUT2D eigenvalue weighted by Gasteiger charge is -2.30. The predicted octanol–water partition coefficient (Wildman–Crippen LogP) is 2.40. The lowest BCUT2D eigenvalue weighted by Crippen LogP contribution is -2.51. The van der Waals surface area contributed by atoms with Gasteiger partial charge in [-0.1, -0.05) is 44.2 Å². The van der Waals surface area contributed by atoms with Gasteiger partial charge in [0, 0.05) is 25.2 Å². The quantitative estimate of drug-likeness (QED) is 0.400. The van der Waals surface area contributed by atoms with Gasteiger partial charge in [-0.05, 0) is 42.2 Å². The Morgan fingerprint density at radius 3 is 2.46 bits per heavy atom. The second-order valence-electron chi connectivity index (χ2n) is 9.18. The molecular weight excluding hydrogens is 470 g/mol. The van der Waals surface area contributed by atoms with E-state index in [-0.39, 0.29) is 30.0 Å². The lowest BCUT2D eigenvalue weighted by molar-refractivity contribution is 0.0644. The summed E-state index contributed by atoms with van der Waals surface area (Å²) in [5, 5.41) is 13.9. The zero-order chi connectivity index (χ0) is 25.4. The second-order valence-corrected chi connectivity index (χ2v) is 11.1. The van der Waals surface area contributed by atoms with Gasteiger partial charge >= 0.3 is 6.09 Å². The molecule has 2 aromatic carbocycles. The number of sulfonamides is 1. The molecule has 0 saturated carbocycles. The number of hydrogen-bond acceptors (Lipinski definition) is 7. The van der Waals surface area contributed by atoms with E-state index in [1.54, 1.807) is 0 Å². The van der Waals surface area contributed by atoms with Crippen LogP contribution >= 0.6 is 0 Å². The van der Waals surface area contributed by atoms with Crippen molar-refractivity contribution in [2.24, 2.45) is 5.92 Å². The van der Waals surface area contributed by atoms with E-state index in [1.807, 2.05) is 44.2 Å². The van der Waals surface area contributed by atoms with Crippen molar-refractivity contribution < 1.29 is 27.8 Å². The first-order valence-electron chi connectivity index (χ1n) is 11.8. The Morgan fingerprint density at radius 2 is 1.86 bits per heavy atom. The molecule has 1 fully saturated rings. The smallest absolute Gasteiger partial charge is 0.407 e. The molecule has 35 heavy (non-hydrogen) atoms. The maximum Gasteiger partial charge on any atom is 0.407 e. The summed E-state index contributed by atoms with van der Waals surface area (Å²) < 4.78 is 38.7. The van der Waals surface area contributed by atoms with Crippen LogP contribution in [-0.2, 0) is 25.9 Å². The van der Waals surface area contributed by atoms with Gasteiger partial charge in [0.05, 0.1) is 30.3 Å². The standard InChI is InChI=1S/C25H35N3O6S/c1-18(2)15-28(35(31,32)22-10-8-20(26)9-11-22)16-24(29)23(14-19-6-4-3-5-7-19)27-25(30)34-21-12-13-33-17-21/h3-11,18,21,23-24,29H,12-17,26H2,1-2H3,(H,27,30)/t21?,23-,24?/m0/s1. The van der Waals surface area contributed by atoms with Gasteiger partial charge in [0.25, 0.3) is 0 Å². The fourth-order valence-electron chi connectivity index (χ4n) is 3.90. The van der Waals surface area contributed by atoms with E-state index in [9.17, 15) is 18.3 Å². The molecule has 0 bridgehead atoms. The molecule has 10 heteroatoms. The molecule has 1 aliphatic heterocycles. The Bertz CT molecular complexity index is 1040. The molecule has 1 heterocycles. The average Bonchev–Trinajstić information content (AvgIpc) is 3.31. The summed E-state index contributed by atoms with van der Waals surface area (Å²) in [6.45, 7) is 4.67. The number of aliphatic hydroxyl groups excluding tert-OH is 1. The summed E-state index contributed by atoms with van der Waals surface area (Å²) in [6, 6.07) is 14.6. The van der Waals surface area contributed by atoms with E-state index in [2.05, 4.69) is 5.32 Å². The van der Waals surface area contributed by atoms with Crippen molar-refractivity contribution >= 4 is 21.8 Å². The van der Waals surface area contributed by atoms with Gasteiger partial charge in [0.1, 0.15) is 6.10 Å². The molecule has 1 aliphatic rings. The maximum absolute atomic E-state index is 13.4. The first-order valence-corrected chi connectivity index (χ1v) is 13.2. The Kier molecular flexibility index (Phi) is 9.50. The van der Waals surface area contributed by atoms with E-state index in [4.69, 9.17) is 15.2 Å². The Labute approximate surface area is 207 Å². The van der Waals surface area contributed by atoms with Gasteiger partial charge < -0.3 is 25.6 Å². The summed E-state index contributed by atoms with van der Waals surface area (Å²) in [5.41, 5.74) is 7.06. The summed E-state index contributed by atoms with van der Waals surface area (Å²) in [5.74, 6) is 0.0126. The number of nitrogen functional groups attached to an aromatic ring is 1. The third kappa shape index (κ3) is 7.93. The van der Waals surface area contributed by atoms with Crippen LogP contribution in [0.5, 0.6) is 0 Å². The molecule has 1 saturated heterocycles. The van der Waals surface area contributed by atoms with Crippen LogP contribution in [0.1, 0.15) is 25.8 Å². The number of carbonyl (C=O) groups excluding carboxylic acids is 1. The SMILES string of the molecule is CC(C)CN(CC(O)[C@H](Cc1ccccc1)NC(=O)OC1CCOC1)S(=O)(=O)c1ccc(N)cc1. The highest BCUT2D eigenvalue weighted by Gasteiger charge is 2.32. The molecule has 0 aliphatic carbocycles. The monoisotopic (exact) mass is 505 g/mol. The molecule has 1 amide bonds. The Morgan fingerprint density at radius 1 is 1.17 bits per heavy atom. The van der Waals surface area contributed by atoms with Crippen LogP contribution in [0.25, 0.3) is 0 Å². The number of ether oxygens (including phenoxy) is 2. The lowest BCUT2D eigenvalue weighted by atomic mass is 10.0. The molecule has 2 unspecified atom stereocenters. The van der Waals surface area contributed by atoms with Crippen LogP contribution in [0.2, 0.25) is 0 Å². The highest BCUT2D eigenvalue weighted by Crippen LogP contribution is 2.20. The van der Waals surface area contributed by atoms with E-state index >= 15 is 0 Å².